The smallest absolute Gasteiger partial charge is 0.270 e. The summed E-state index contributed by atoms with van der Waals surface area (Å²) in [5.74, 6) is -0.236. The number of hydrogen-bond donors (Lipinski definition) is 2. The molecule has 6 nitrogen and oxygen atoms in total. The van der Waals surface area contributed by atoms with Gasteiger partial charge in [0.15, 0.2) is 0 Å². The highest BCUT2D eigenvalue weighted by Crippen LogP contribution is 2.24. The van der Waals surface area contributed by atoms with Crippen LogP contribution in [0.15, 0.2) is 59.6 Å². The number of aliphatic hydroxyl groups is 1. The monoisotopic (exact) mass is 444 g/mol. The minimum absolute atomic E-state index is 0.213. The second-order valence-electron chi connectivity index (χ2n) is 8.22. The largest absolute Gasteiger partial charge is 0.391 e. The molecule has 0 aliphatic heterocycles. The Labute approximate surface area is 190 Å². The zero-order valence-corrected chi connectivity index (χ0v) is 18.4. The van der Waals surface area contributed by atoms with Gasteiger partial charge in [-0.2, -0.15) is 0 Å². The second kappa shape index (κ2) is 9.14. The van der Waals surface area contributed by atoms with E-state index < -0.39 is 6.10 Å². The third kappa shape index (κ3) is 4.40. The van der Waals surface area contributed by atoms with Crippen molar-refractivity contribution < 1.29 is 9.90 Å². The van der Waals surface area contributed by atoms with E-state index in [-0.39, 0.29) is 11.9 Å². The third-order valence-electron chi connectivity index (χ3n) is 5.99. The van der Waals surface area contributed by atoms with E-state index in [2.05, 4.69) is 26.3 Å². The highest BCUT2D eigenvalue weighted by molar-refractivity contribution is 7.07. The number of aromatic nitrogens is 3. The van der Waals surface area contributed by atoms with Gasteiger partial charge in [-0.15, -0.1) is 11.3 Å². The number of hydrogen-bond acceptors (Lipinski definition) is 6. The average Bonchev–Trinajstić information content (AvgIpc) is 3.36. The minimum Gasteiger partial charge on any atom is -0.391 e. The fraction of sp³-hybridized carbons (Fsp3) is 0.280. The van der Waals surface area contributed by atoms with Crippen LogP contribution in [-0.4, -0.2) is 38.1 Å². The van der Waals surface area contributed by atoms with Crippen LogP contribution in [0.4, 0.5) is 0 Å². The van der Waals surface area contributed by atoms with Gasteiger partial charge in [-0.25, -0.2) is 9.97 Å². The first-order valence-corrected chi connectivity index (χ1v) is 11.8. The summed E-state index contributed by atoms with van der Waals surface area (Å²) in [6.07, 6.45) is 5.55. The summed E-state index contributed by atoms with van der Waals surface area (Å²) in [5, 5.41) is 16.2. The molecule has 4 aromatic rings. The van der Waals surface area contributed by atoms with Gasteiger partial charge in [0.25, 0.3) is 5.91 Å². The number of fused-ring (bicyclic) bond motifs is 1. The van der Waals surface area contributed by atoms with Crippen LogP contribution >= 0.6 is 11.3 Å². The number of carbonyl (C=O) groups is 1. The molecule has 1 aliphatic rings. The first-order valence-electron chi connectivity index (χ1n) is 10.9. The fourth-order valence-electron chi connectivity index (χ4n) is 4.27. The number of thiazole rings is 1. The number of nitrogens with zero attached hydrogens (tertiary/aromatic N) is 3. The van der Waals surface area contributed by atoms with Crippen molar-refractivity contribution in [2.45, 2.75) is 44.2 Å². The topological polar surface area (TPSA) is 88.0 Å². The Morgan fingerprint density at radius 3 is 2.75 bits per heavy atom. The normalized spacial score (nSPS) is 18.5. The molecule has 1 fully saturated rings. The highest BCUT2D eigenvalue weighted by atomic mass is 32.1. The van der Waals surface area contributed by atoms with Crippen LogP contribution in [-0.2, 0) is 6.42 Å². The molecule has 5 rings (SSSR count). The van der Waals surface area contributed by atoms with Crippen molar-refractivity contribution in [2.75, 3.05) is 0 Å². The molecule has 1 aliphatic carbocycles. The van der Waals surface area contributed by atoms with Gasteiger partial charge >= 0.3 is 0 Å². The number of benzene rings is 1. The van der Waals surface area contributed by atoms with Gasteiger partial charge in [0, 0.05) is 17.0 Å². The maximum atomic E-state index is 13.0. The molecule has 0 bridgehead atoms. The summed E-state index contributed by atoms with van der Waals surface area (Å²) in [5.41, 5.74) is 6.75. The van der Waals surface area contributed by atoms with Crippen molar-refractivity contribution in [2.24, 2.45) is 0 Å². The van der Waals surface area contributed by atoms with Crippen LogP contribution < -0.4 is 5.32 Å². The summed E-state index contributed by atoms with van der Waals surface area (Å²) in [6, 6.07) is 13.5. The molecular weight excluding hydrogens is 420 g/mol. The molecule has 0 unspecified atom stereocenters. The Bertz CT molecular complexity index is 1220. The Balaban J connectivity index is 1.42. The van der Waals surface area contributed by atoms with Crippen molar-refractivity contribution in [1.82, 2.24) is 20.3 Å². The Kier molecular flexibility index (Phi) is 5.92. The van der Waals surface area contributed by atoms with Crippen molar-refractivity contribution >= 4 is 28.1 Å². The van der Waals surface area contributed by atoms with Gasteiger partial charge in [-0.3, -0.25) is 9.78 Å². The zero-order chi connectivity index (χ0) is 21.9. The van der Waals surface area contributed by atoms with Crippen LogP contribution in [0, 0.1) is 0 Å². The summed E-state index contributed by atoms with van der Waals surface area (Å²) >= 11 is 1.55. The maximum absolute atomic E-state index is 13.0. The number of amides is 1. The van der Waals surface area contributed by atoms with Crippen molar-refractivity contribution in [1.29, 1.82) is 0 Å². The van der Waals surface area contributed by atoms with Gasteiger partial charge in [-0.1, -0.05) is 37.1 Å². The lowest BCUT2D eigenvalue weighted by Crippen LogP contribution is -2.45. The summed E-state index contributed by atoms with van der Waals surface area (Å²) in [7, 11) is 0. The SMILES string of the molecule is O=C(N[C@H]1CCCC[C@@H]1O)c1cc(Cc2ccc(-c3cscn3)nc2)c2ccccc2n1. The van der Waals surface area contributed by atoms with E-state index in [1.807, 2.05) is 48.0 Å². The molecule has 1 amide bonds. The zero-order valence-electron chi connectivity index (χ0n) is 17.6. The molecule has 0 saturated heterocycles. The number of rotatable bonds is 5. The van der Waals surface area contributed by atoms with E-state index in [0.717, 1.165) is 59.1 Å². The molecule has 0 radical (unpaired) electrons. The van der Waals surface area contributed by atoms with E-state index in [0.29, 0.717) is 12.1 Å². The first-order chi connectivity index (χ1) is 15.7. The molecule has 2 atom stereocenters. The van der Waals surface area contributed by atoms with Gasteiger partial charge in [-0.05, 0) is 48.6 Å². The number of nitrogens with one attached hydrogen (secondary N) is 1. The predicted octanol–water partition coefficient (Wildman–Crippen LogP) is 4.38. The van der Waals surface area contributed by atoms with Crippen molar-refractivity contribution in [3.8, 4) is 11.4 Å². The fourth-order valence-corrected chi connectivity index (χ4v) is 4.82. The van der Waals surface area contributed by atoms with Crippen LogP contribution in [0.3, 0.4) is 0 Å². The quantitative estimate of drug-likeness (QED) is 0.477. The Morgan fingerprint density at radius 2 is 1.97 bits per heavy atom. The molecule has 0 spiro atoms. The van der Waals surface area contributed by atoms with Gasteiger partial charge in [0.2, 0.25) is 0 Å². The highest BCUT2D eigenvalue weighted by Gasteiger charge is 2.25. The molecule has 3 heterocycles. The van der Waals surface area contributed by atoms with Crippen molar-refractivity contribution in [3.05, 3.63) is 76.4 Å². The van der Waals surface area contributed by atoms with Gasteiger partial charge < -0.3 is 10.4 Å². The lowest BCUT2D eigenvalue weighted by Gasteiger charge is -2.28. The summed E-state index contributed by atoms with van der Waals surface area (Å²) in [4.78, 5) is 26.5. The van der Waals surface area contributed by atoms with Crippen LogP contribution in [0.2, 0.25) is 0 Å². The van der Waals surface area contributed by atoms with Crippen molar-refractivity contribution in [3.63, 3.8) is 0 Å². The van der Waals surface area contributed by atoms with E-state index in [9.17, 15) is 9.90 Å². The van der Waals surface area contributed by atoms with E-state index >= 15 is 0 Å². The lowest BCUT2D eigenvalue weighted by atomic mass is 9.92. The molecule has 1 aromatic carbocycles. The molecule has 3 aromatic heterocycles. The summed E-state index contributed by atoms with van der Waals surface area (Å²) < 4.78 is 0. The van der Waals surface area contributed by atoms with Crippen LogP contribution in [0.25, 0.3) is 22.3 Å². The molecule has 2 N–H and O–H groups in total. The van der Waals surface area contributed by atoms with E-state index in [4.69, 9.17) is 0 Å². The maximum Gasteiger partial charge on any atom is 0.270 e. The number of aliphatic hydroxyl groups excluding tert-OH is 1. The average molecular weight is 445 g/mol. The number of pyridine rings is 2. The summed E-state index contributed by atoms with van der Waals surface area (Å²) in [6.45, 7) is 0. The number of carbonyl (C=O) groups excluding carboxylic acids is 1. The number of para-hydroxylation sites is 1. The molecule has 7 heteroatoms. The third-order valence-corrected chi connectivity index (χ3v) is 6.58. The second-order valence-corrected chi connectivity index (χ2v) is 8.94. The molecular formula is C25H24N4O2S. The first kappa shape index (κ1) is 20.7. The Hall–Kier alpha value is -3.16. The predicted molar refractivity (Wildman–Crippen MR) is 126 cm³/mol. The van der Waals surface area contributed by atoms with E-state index in [1.54, 1.807) is 16.8 Å². The minimum atomic E-state index is -0.491. The van der Waals surface area contributed by atoms with Crippen LogP contribution in [0.5, 0.6) is 0 Å². The molecule has 1 saturated carbocycles. The van der Waals surface area contributed by atoms with Gasteiger partial charge in [0.05, 0.1) is 34.6 Å². The Morgan fingerprint density at radius 1 is 1.09 bits per heavy atom. The standard InChI is InChI=1S/C25H24N4O2S/c30-24-8-4-3-7-21(24)29-25(31)22-12-17(18-5-1-2-6-19(18)28-22)11-16-9-10-20(26-13-16)23-14-32-15-27-23/h1-2,5-6,9-10,12-15,21,24,30H,3-4,7-8,11H2,(H,29,31)/t21-,24-/m0/s1. The molecule has 162 valence electrons. The van der Waals surface area contributed by atoms with Gasteiger partial charge in [0.1, 0.15) is 5.69 Å². The van der Waals surface area contributed by atoms with E-state index in [1.165, 1.54) is 0 Å². The van der Waals surface area contributed by atoms with Crippen LogP contribution in [0.1, 0.15) is 47.3 Å². The molecule has 32 heavy (non-hydrogen) atoms. The lowest BCUT2D eigenvalue weighted by molar-refractivity contribution is 0.0714.